The normalized spacial score (nSPS) is 12.9. The van der Waals surface area contributed by atoms with Crippen LogP contribution in [-0.4, -0.2) is 50.4 Å². The van der Waals surface area contributed by atoms with E-state index < -0.39 is 0 Å². The number of aromatic nitrogens is 3. The van der Waals surface area contributed by atoms with E-state index in [0.717, 1.165) is 11.0 Å². The molecule has 1 unspecified atom stereocenters. The summed E-state index contributed by atoms with van der Waals surface area (Å²) < 4.78 is 1.84. The van der Waals surface area contributed by atoms with E-state index in [2.05, 4.69) is 10.1 Å². The van der Waals surface area contributed by atoms with Gasteiger partial charge in [0, 0.05) is 18.5 Å². The van der Waals surface area contributed by atoms with Crippen LogP contribution in [0.2, 0.25) is 0 Å². The predicted octanol–water partition coefficient (Wildman–Crippen LogP) is 1.77. The number of fused-ring (bicyclic) bond motifs is 1. The van der Waals surface area contributed by atoms with Crippen molar-refractivity contribution >= 4 is 16.9 Å². The molecular weight excluding hydrogens is 268 g/mol. The van der Waals surface area contributed by atoms with Gasteiger partial charge in [0.15, 0.2) is 5.65 Å². The fourth-order valence-electron chi connectivity index (χ4n) is 2.17. The zero-order valence-corrected chi connectivity index (χ0v) is 13.2. The summed E-state index contributed by atoms with van der Waals surface area (Å²) in [7, 11) is 1.68. The molecule has 1 N–H and O–H groups in total. The highest BCUT2D eigenvalue weighted by molar-refractivity contribution is 5.98. The Kier molecular flexibility index (Phi) is 4.27. The summed E-state index contributed by atoms with van der Waals surface area (Å²) in [4.78, 5) is 18.6. The van der Waals surface area contributed by atoms with Crippen LogP contribution in [0.1, 0.15) is 42.9 Å². The first-order valence-corrected chi connectivity index (χ1v) is 7.09. The van der Waals surface area contributed by atoms with Gasteiger partial charge in [0.1, 0.15) is 0 Å². The maximum Gasteiger partial charge on any atom is 0.255 e. The van der Waals surface area contributed by atoms with Gasteiger partial charge in [-0.25, -0.2) is 9.67 Å². The monoisotopic (exact) mass is 290 g/mol. The van der Waals surface area contributed by atoms with Crippen LogP contribution in [0.4, 0.5) is 0 Å². The first-order valence-electron chi connectivity index (χ1n) is 7.09. The Morgan fingerprint density at radius 2 is 2.10 bits per heavy atom. The predicted molar refractivity (Wildman–Crippen MR) is 81.3 cm³/mol. The third-order valence-electron chi connectivity index (χ3n) is 3.72. The minimum atomic E-state index is -0.231. The molecule has 0 fully saturated rings. The zero-order chi connectivity index (χ0) is 15.7. The molecule has 0 aromatic carbocycles. The maximum atomic E-state index is 12.5. The van der Waals surface area contributed by atoms with Crippen LogP contribution in [0, 0.1) is 6.92 Å². The number of hydrogen-bond acceptors (Lipinski definition) is 4. The number of likely N-dealkylation sites (N-methyl/N-ethyl adjacent to an activating group) is 1. The molecule has 2 heterocycles. The van der Waals surface area contributed by atoms with Gasteiger partial charge in [-0.3, -0.25) is 4.79 Å². The van der Waals surface area contributed by atoms with Crippen molar-refractivity contribution in [3.8, 4) is 0 Å². The molecule has 2 aromatic rings. The van der Waals surface area contributed by atoms with Crippen LogP contribution >= 0.6 is 0 Å². The Morgan fingerprint density at radius 3 is 2.67 bits per heavy atom. The van der Waals surface area contributed by atoms with E-state index in [0.29, 0.717) is 11.3 Å². The molecule has 0 aliphatic rings. The average Bonchev–Trinajstić information content (AvgIpc) is 2.86. The number of hydrogen-bond donors (Lipinski definition) is 1. The van der Waals surface area contributed by atoms with E-state index >= 15 is 0 Å². The molecule has 0 spiro atoms. The van der Waals surface area contributed by atoms with Gasteiger partial charge >= 0.3 is 0 Å². The molecule has 2 aromatic heterocycles. The summed E-state index contributed by atoms with van der Waals surface area (Å²) in [5, 5.41) is 14.4. The first-order chi connectivity index (χ1) is 9.86. The average molecular weight is 290 g/mol. The lowest BCUT2D eigenvalue weighted by molar-refractivity contribution is 0.0681. The lowest BCUT2D eigenvalue weighted by Crippen LogP contribution is -2.37. The second-order valence-corrected chi connectivity index (χ2v) is 5.66. The molecule has 2 rings (SSSR count). The van der Waals surface area contributed by atoms with Crippen LogP contribution in [-0.2, 0) is 0 Å². The fourth-order valence-corrected chi connectivity index (χ4v) is 2.17. The third kappa shape index (κ3) is 2.76. The molecule has 0 radical (unpaired) electrons. The van der Waals surface area contributed by atoms with Gasteiger partial charge in [-0.15, -0.1) is 0 Å². The van der Waals surface area contributed by atoms with Crippen molar-refractivity contribution < 1.29 is 9.90 Å². The van der Waals surface area contributed by atoms with Crippen molar-refractivity contribution in [1.82, 2.24) is 19.7 Å². The SMILES string of the molecule is Cc1nc2c(cnn2C(C)C)cc1C(=O)N(C)C(C)CO. The molecule has 0 bridgehead atoms. The Morgan fingerprint density at radius 1 is 1.43 bits per heavy atom. The molecule has 0 aliphatic heterocycles. The van der Waals surface area contributed by atoms with Crippen LogP contribution < -0.4 is 0 Å². The number of aliphatic hydroxyl groups is 1. The molecule has 6 heteroatoms. The summed E-state index contributed by atoms with van der Waals surface area (Å²) >= 11 is 0. The van der Waals surface area contributed by atoms with Gasteiger partial charge in [-0.1, -0.05) is 0 Å². The highest BCUT2D eigenvalue weighted by atomic mass is 16.3. The second kappa shape index (κ2) is 5.81. The molecular formula is C15H22N4O2. The Hall–Kier alpha value is -1.95. The molecule has 1 atom stereocenters. The summed E-state index contributed by atoms with van der Waals surface area (Å²) in [6, 6.07) is 1.81. The summed E-state index contributed by atoms with van der Waals surface area (Å²) in [5.74, 6) is -0.138. The summed E-state index contributed by atoms with van der Waals surface area (Å²) in [6.07, 6.45) is 1.73. The minimum absolute atomic E-state index is 0.0672. The lowest BCUT2D eigenvalue weighted by Gasteiger charge is -2.23. The highest BCUT2D eigenvalue weighted by Gasteiger charge is 2.21. The van der Waals surface area contributed by atoms with Crippen molar-refractivity contribution in [2.75, 3.05) is 13.7 Å². The molecule has 0 saturated heterocycles. The molecule has 114 valence electrons. The molecule has 1 amide bonds. The van der Waals surface area contributed by atoms with Gasteiger partial charge in [0.25, 0.3) is 5.91 Å². The standard InChI is InChI=1S/C15H22N4O2/c1-9(2)19-14-12(7-16-19)6-13(11(4)17-14)15(21)18(5)10(3)8-20/h6-7,9-10,20H,8H2,1-5H3. The number of pyridine rings is 1. The largest absolute Gasteiger partial charge is 0.394 e. The van der Waals surface area contributed by atoms with Crippen LogP contribution in [0.5, 0.6) is 0 Å². The van der Waals surface area contributed by atoms with Crippen LogP contribution in [0.15, 0.2) is 12.3 Å². The van der Waals surface area contributed by atoms with Crippen molar-refractivity contribution in [1.29, 1.82) is 0 Å². The fraction of sp³-hybridized carbons (Fsp3) is 0.533. The van der Waals surface area contributed by atoms with E-state index in [4.69, 9.17) is 0 Å². The molecule has 6 nitrogen and oxygen atoms in total. The van der Waals surface area contributed by atoms with E-state index in [9.17, 15) is 9.90 Å². The van der Waals surface area contributed by atoms with E-state index in [1.165, 1.54) is 4.90 Å². The third-order valence-corrected chi connectivity index (χ3v) is 3.72. The number of aryl methyl sites for hydroxylation is 1. The maximum absolute atomic E-state index is 12.5. The number of amides is 1. The van der Waals surface area contributed by atoms with Gasteiger partial charge in [0.2, 0.25) is 0 Å². The number of carbonyl (C=O) groups is 1. The summed E-state index contributed by atoms with van der Waals surface area (Å²) in [5.41, 5.74) is 2.01. The van der Waals surface area contributed by atoms with E-state index in [1.54, 1.807) is 20.2 Å². The van der Waals surface area contributed by atoms with E-state index in [1.807, 2.05) is 31.5 Å². The van der Waals surface area contributed by atoms with Crippen molar-refractivity contribution in [3.05, 3.63) is 23.5 Å². The van der Waals surface area contributed by atoms with Crippen LogP contribution in [0.25, 0.3) is 11.0 Å². The quantitative estimate of drug-likeness (QED) is 0.931. The second-order valence-electron chi connectivity index (χ2n) is 5.66. The lowest BCUT2D eigenvalue weighted by atomic mass is 10.1. The minimum Gasteiger partial charge on any atom is -0.394 e. The smallest absolute Gasteiger partial charge is 0.255 e. The van der Waals surface area contributed by atoms with Crippen LogP contribution in [0.3, 0.4) is 0 Å². The Bertz CT molecular complexity index is 663. The number of aliphatic hydroxyl groups excluding tert-OH is 1. The van der Waals surface area contributed by atoms with Gasteiger partial charge in [0.05, 0.1) is 30.1 Å². The van der Waals surface area contributed by atoms with Gasteiger partial charge < -0.3 is 10.0 Å². The first kappa shape index (κ1) is 15.4. The Labute approximate surface area is 124 Å². The van der Waals surface area contributed by atoms with Crippen molar-refractivity contribution in [3.63, 3.8) is 0 Å². The molecule has 0 saturated carbocycles. The van der Waals surface area contributed by atoms with Crippen molar-refractivity contribution in [2.24, 2.45) is 0 Å². The summed E-state index contributed by atoms with van der Waals surface area (Å²) in [6.45, 7) is 7.64. The van der Waals surface area contributed by atoms with Crippen molar-refractivity contribution in [2.45, 2.75) is 39.8 Å². The van der Waals surface area contributed by atoms with Gasteiger partial charge in [-0.05, 0) is 33.8 Å². The number of nitrogens with zero attached hydrogens (tertiary/aromatic N) is 4. The topological polar surface area (TPSA) is 71.2 Å². The number of rotatable bonds is 4. The number of carbonyl (C=O) groups excluding carboxylic acids is 1. The van der Waals surface area contributed by atoms with Gasteiger partial charge in [-0.2, -0.15) is 5.10 Å². The zero-order valence-electron chi connectivity index (χ0n) is 13.2. The van der Waals surface area contributed by atoms with E-state index in [-0.39, 0.29) is 24.6 Å². The molecule has 21 heavy (non-hydrogen) atoms. The molecule has 0 aliphatic carbocycles. The Balaban J connectivity index is 2.47. The highest BCUT2D eigenvalue weighted by Crippen LogP contribution is 2.20.